The van der Waals surface area contributed by atoms with Gasteiger partial charge in [0.15, 0.2) is 0 Å². The van der Waals surface area contributed by atoms with Crippen molar-refractivity contribution in [3.63, 3.8) is 0 Å². The molecule has 0 heterocycles. The molecule has 0 spiro atoms. The topological polar surface area (TPSA) is 0 Å². The third-order valence-corrected chi connectivity index (χ3v) is 2.84. The van der Waals surface area contributed by atoms with E-state index in [-0.39, 0.29) is 5.82 Å². The van der Waals surface area contributed by atoms with Crippen molar-refractivity contribution in [2.45, 2.75) is 13.3 Å². The van der Waals surface area contributed by atoms with E-state index < -0.39 is 0 Å². The van der Waals surface area contributed by atoms with E-state index in [4.69, 9.17) is 0 Å². The molecule has 1 aliphatic rings. The molecule has 0 N–H and O–H groups in total. The van der Waals surface area contributed by atoms with Crippen LogP contribution >= 0.6 is 15.9 Å². The van der Waals surface area contributed by atoms with Gasteiger partial charge in [-0.25, -0.2) is 4.39 Å². The second-order valence-electron chi connectivity index (χ2n) is 3.09. The smallest absolute Gasteiger partial charge is 0.130 e. The van der Waals surface area contributed by atoms with E-state index in [9.17, 15) is 4.39 Å². The molecule has 0 radical (unpaired) electrons. The molecule has 2 rings (SSSR count). The number of rotatable bonds is 0. The number of halogens is 2. The third-order valence-electron chi connectivity index (χ3n) is 2.09. The average molecular weight is 227 g/mol. The summed E-state index contributed by atoms with van der Waals surface area (Å²) in [5.41, 5.74) is 3.05. The van der Waals surface area contributed by atoms with Gasteiger partial charge in [-0.2, -0.15) is 0 Å². The Bertz CT molecular complexity index is 366. The molecule has 1 aliphatic carbocycles. The Kier molecular flexibility index (Phi) is 1.80. The van der Waals surface area contributed by atoms with Gasteiger partial charge in [-0.3, -0.25) is 0 Å². The molecule has 0 saturated carbocycles. The van der Waals surface area contributed by atoms with Crippen molar-refractivity contribution in [2.24, 2.45) is 0 Å². The number of hydrogen-bond acceptors (Lipinski definition) is 0. The molecule has 0 bridgehead atoms. The van der Waals surface area contributed by atoms with Crippen LogP contribution in [0.4, 0.5) is 4.39 Å². The van der Waals surface area contributed by atoms with Gasteiger partial charge < -0.3 is 0 Å². The molecule has 12 heavy (non-hydrogen) atoms. The SMILES string of the molecule is CC1=Cc2c(F)ccc(Br)c2C1. The first-order valence-corrected chi connectivity index (χ1v) is 4.62. The van der Waals surface area contributed by atoms with Crippen molar-refractivity contribution in [1.29, 1.82) is 0 Å². The van der Waals surface area contributed by atoms with Crippen LogP contribution in [0.2, 0.25) is 0 Å². The van der Waals surface area contributed by atoms with Gasteiger partial charge in [0, 0.05) is 10.0 Å². The van der Waals surface area contributed by atoms with Crippen LogP contribution in [-0.2, 0) is 6.42 Å². The quantitative estimate of drug-likeness (QED) is 0.635. The third kappa shape index (κ3) is 1.11. The van der Waals surface area contributed by atoms with Crippen molar-refractivity contribution >= 4 is 22.0 Å². The summed E-state index contributed by atoms with van der Waals surface area (Å²) in [6, 6.07) is 3.26. The van der Waals surface area contributed by atoms with E-state index in [0.717, 1.165) is 22.0 Å². The maximum atomic E-state index is 13.2. The van der Waals surface area contributed by atoms with Crippen molar-refractivity contribution in [3.05, 3.63) is 39.1 Å². The zero-order valence-electron chi connectivity index (χ0n) is 6.70. The molecule has 1 aromatic rings. The summed E-state index contributed by atoms with van der Waals surface area (Å²) in [5.74, 6) is -0.120. The Labute approximate surface area is 79.2 Å². The van der Waals surface area contributed by atoms with Crippen LogP contribution in [0.15, 0.2) is 22.2 Å². The molecule has 62 valence electrons. The van der Waals surface area contributed by atoms with E-state index >= 15 is 0 Å². The summed E-state index contributed by atoms with van der Waals surface area (Å²) in [6.45, 7) is 2.02. The van der Waals surface area contributed by atoms with Gasteiger partial charge >= 0.3 is 0 Å². The molecule has 0 aromatic heterocycles. The van der Waals surface area contributed by atoms with E-state index in [2.05, 4.69) is 15.9 Å². The zero-order valence-corrected chi connectivity index (χ0v) is 8.28. The van der Waals surface area contributed by atoms with Crippen molar-refractivity contribution in [3.8, 4) is 0 Å². The van der Waals surface area contributed by atoms with Gasteiger partial charge in [-0.15, -0.1) is 0 Å². The predicted octanol–water partition coefficient (Wildman–Crippen LogP) is 3.55. The van der Waals surface area contributed by atoms with Gasteiger partial charge in [0.1, 0.15) is 5.82 Å². The minimum absolute atomic E-state index is 0.120. The lowest BCUT2D eigenvalue weighted by Gasteiger charge is -2.02. The highest BCUT2D eigenvalue weighted by molar-refractivity contribution is 9.10. The van der Waals surface area contributed by atoms with Gasteiger partial charge in [0.2, 0.25) is 0 Å². The molecular formula is C10H8BrF. The summed E-state index contributed by atoms with van der Waals surface area (Å²) >= 11 is 3.41. The van der Waals surface area contributed by atoms with E-state index in [1.165, 1.54) is 11.6 Å². The highest BCUT2D eigenvalue weighted by Gasteiger charge is 2.15. The standard InChI is InChI=1S/C10H8BrF/c1-6-4-7-8(5-6)10(12)3-2-9(7)11/h2-3,5H,4H2,1H3. The minimum atomic E-state index is -0.120. The second-order valence-corrected chi connectivity index (χ2v) is 3.94. The number of benzene rings is 1. The highest BCUT2D eigenvalue weighted by atomic mass is 79.9. The Morgan fingerprint density at radius 3 is 2.83 bits per heavy atom. The molecule has 0 unspecified atom stereocenters. The fourth-order valence-electron chi connectivity index (χ4n) is 1.52. The fourth-order valence-corrected chi connectivity index (χ4v) is 2.01. The average Bonchev–Trinajstić information content (AvgIpc) is 2.41. The van der Waals surface area contributed by atoms with E-state index in [0.29, 0.717) is 0 Å². The lowest BCUT2D eigenvalue weighted by atomic mass is 10.1. The predicted molar refractivity (Wildman–Crippen MR) is 51.5 cm³/mol. The molecule has 0 atom stereocenters. The maximum Gasteiger partial charge on any atom is 0.130 e. The summed E-state index contributed by atoms with van der Waals surface area (Å²) < 4.78 is 14.2. The Morgan fingerprint density at radius 1 is 1.42 bits per heavy atom. The van der Waals surface area contributed by atoms with Crippen LogP contribution in [0, 0.1) is 5.82 Å². The normalized spacial score (nSPS) is 14.4. The van der Waals surface area contributed by atoms with Crippen LogP contribution in [-0.4, -0.2) is 0 Å². The first kappa shape index (κ1) is 7.99. The first-order valence-electron chi connectivity index (χ1n) is 3.82. The second kappa shape index (κ2) is 2.70. The lowest BCUT2D eigenvalue weighted by molar-refractivity contribution is 0.623. The number of hydrogen-bond donors (Lipinski definition) is 0. The van der Waals surface area contributed by atoms with Crippen LogP contribution in [0.5, 0.6) is 0 Å². The van der Waals surface area contributed by atoms with Gasteiger partial charge in [0.05, 0.1) is 0 Å². The molecule has 0 saturated heterocycles. The van der Waals surface area contributed by atoms with Gasteiger partial charge in [0.25, 0.3) is 0 Å². The molecule has 1 aromatic carbocycles. The van der Waals surface area contributed by atoms with Crippen LogP contribution in [0.3, 0.4) is 0 Å². The van der Waals surface area contributed by atoms with E-state index in [1.807, 2.05) is 13.0 Å². The van der Waals surface area contributed by atoms with Crippen molar-refractivity contribution < 1.29 is 4.39 Å². The summed E-state index contributed by atoms with van der Waals surface area (Å²) in [6.07, 6.45) is 2.78. The molecule has 0 nitrogen and oxygen atoms in total. The van der Waals surface area contributed by atoms with Crippen LogP contribution in [0.1, 0.15) is 18.1 Å². The molecule has 0 aliphatic heterocycles. The first-order chi connectivity index (χ1) is 5.68. The maximum absolute atomic E-state index is 13.2. The molecule has 0 fully saturated rings. The summed E-state index contributed by atoms with van der Waals surface area (Å²) in [7, 11) is 0. The minimum Gasteiger partial charge on any atom is -0.206 e. The Hall–Kier alpha value is -0.630. The van der Waals surface area contributed by atoms with Gasteiger partial charge in [-0.05, 0) is 31.0 Å². The van der Waals surface area contributed by atoms with E-state index in [1.54, 1.807) is 6.07 Å². The summed E-state index contributed by atoms with van der Waals surface area (Å²) in [4.78, 5) is 0. The monoisotopic (exact) mass is 226 g/mol. The molecular weight excluding hydrogens is 219 g/mol. The molecule has 0 amide bonds. The van der Waals surface area contributed by atoms with Crippen LogP contribution in [0.25, 0.3) is 6.08 Å². The Balaban J connectivity index is 2.66. The number of fused-ring (bicyclic) bond motifs is 1. The van der Waals surface area contributed by atoms with Crippen molar-refractivity contribution in [1.82, 2.24) is 0 Å². The lowest BCUT2D eigenvalue weighted by Crippen LogP contribution is -1.88. The largest absolute Gasteiger partial charge is 0.206 e. The fraction of sp³-hybridized carbons (Fsp3) is 0.200. The number of allylic oxidation sites excluding steroid dienone is 1. The van der Waals surface area contributed by atoms with Crippen LogP contribution < -0.4 is 0 Å². The highest BCUT2D eigenvalue weighted by Crippen LogP contribution is 2.32. The van der Waals surface area contributed by atoms with Gasteiger partial charge in [-0.1, -0.05) is 27.6 Å². The molecule has 2 heteroatoms. The summed E-state index contributed by atoms with van der Waals surface area (Å²) in [5, 5.41) is 0. The van der Waals surface area contributed by atoms with Crippen molar-refractivity contribution in [2.75, 3.05) is 0 Å². The zero-order chi connectivity index (χ0) is 8.72. The Morgan fingerprint density at radius 2 is 2.17 bits per heavy atom.